The molecule has 1 aromatic carbocycles. The summed E-state index contributed by atoms with van der Waals surface area (Å²) in [4.78, 5) is 9.02. The van der Waals surface area contributed by atoms with Crippen LogP contribution in [0.1, 0.15) is 58.4 Å². The van der Waals surface area contributed by atoms with Gasteiger partial charge in [-0.1, -0.05) is 46.5 Å². The molecule has 130 valence electrons. The van der Waals surface area contributed by atoms with Crippen LogP contribution in [0.4, 0.5) is 0 Å². The first kappa shape index (κ1) is 18.4. The van der Waals surface area contributed by atoms with Gasteiger partial charge in [0.25, 0.3) is 0 Å². The van der Waals surface area contributed by atoms with Crippen molar-refractivity contribution in [2.45, 2.75) is 59.3 Å². The minimum atomic E-state index is 0.674. The average Bonchev–Trinajstić information content (AvgIpc) is 2.63. The van der Waals surface area contributed by atoms with E-state index in [0.29, 0.717) is 5.92 Å². The summed E-state index contributed by atoms with van der Waals surface area (Å²) >= 11 is 0. The summed E-state index contributed by atoms with van der Waals surface area (Å²) < 4.78 is 5.78. The number of ether oxygens (including phenoxy) is 1. The standard InChI is InChI=1S/C21H30N2O/c1-4-6-7-8-13-24-20-11-9-19(10-12-20)21-22-15-18(16-23-21)14-17(3)5-2/h9-12,15-17H,4-8,13-14H2,1-3H3. The predicted octanol–water partition coefficient (Wildman–Crippen LogP) is 5.69. The highest BCUT2D eigenvalue weighted by Gasteiger charge is 2.05. The van der Waals surface area contributed by atoms with Crippen LogP contribution in [0.5, 0.6) is 5.75 Å². The van der Waals surface area contributed by atoms with Crippen molar-refractivity contribution in [1.29, 1.82) is 0 Å². The maximum absolute atomic E-state index is 5.78. The Morgan fingerprint density at radius 1 is 0.958 bits per heavy atom. The molecule has 0 radical (unpaired) electrons. The molecule has 0 spiro atoms. The van der Waals surface area contributed by atoms with Gasteiger partial charge in [-0.15, -0.1) is 0 Å². The first-order chi connectivity index (χ1) is 11.7. The van der Waals surface area contributed by atoms with Crippen LogP contribution in [-0.4, -0.2) is 16.6 Å². The van der Waals surface area contributed by atoms with E-state index in [0.717, 1.165) is 36.6 Å². The average molecular weight is 326 g/mol. The van der Waals surface area contributed by atoms with Gasteiger partial charge < -0.3 is 4.74 Å². The normalized spacial score (nSPS) is 12.1. The molecule has 0 amide bonds. The van der Waals surface area contributed by atoms with Gasteiger partial charge in [0.15, 0.2) is 5.82 Å². The maximum Gasteiger partial charge on any atom is 0.159 e. The summed E-state index contributed by atoms with van der Waals surface area (Å²) in [6.45, 7) is 7.49. The van der Waals surface area contributed by atoms with Crippen molar-refractivity contribution in [3.8, 4) is 17.1 Å². The zero-order valence-electron chi connectivity index (χ0n) is 15.3. The van der Waals surface area contributed by atoms with Gasteiger partial charge in [0.05, 0.1) is 6.61 Å². The molecule has 1 aromatic heterocycles. The third-order valence-electron chi connectivity index (χ3n) is 4.37. The van der Waals surface area contributed by atoms with Crippen LogP contribution >= 0.6 is 0 Å². The maximum atomic E-state index is 5.78. The third kappa shape index (κ3) is 5.95. The van der Waals surface area contributed by atoms with Crippen LogP contribution in [0.2, 0.25) is 0 Å². The topological polar surface area (TPSA) is 35.0 Å². The van der Waals surface area contributed by atoms with E-state index in [-0.39, 0.29) is 0 Å². The SMILES string of the molecule is CCCCCCOc1ccc(-c2ncc(CC(C)CC)cn2)cc1. The smallest absolute Gasteiger partial charge is 0.159 e. The Morgan fingerprint density at radius 3 is 2.29 bits per heavy atom. The fraction of sp³-hybridized carbons (Fsp3) is 0.524. The van der Waals surface area contributed by atoms with Gasteiger partial charge in [0.1, 0.15) is 5.75 Å². The lowest BCUT2D eigenvalue weighted by Gasteiger charge is -2.09. The molecule has 3 nitrogen and oxygen atoms in total. The quantitative estimate of drug-likeness (QED) is 0.526. The van der Waals surface area contributed by atoms with Crippen molar-refractivity contribution in [3.05, 3.63) is 42.2 Å². The monoisotopic (exact) mass is 326 g/mol. The molecule has 0 bridgehead atoms. The highest BCUT2D eigenvalue weighted by atomic mass is 16.5. The van der Waals surface area contributed by atoms with Crippen molar-refractivity contribution >= 4 is 0 Å². The van der Waals surface area contributed by atoms with Crippen LogP contribution in [0.25, 0.3) is 11.4 Å². The van der Waals surface area contributed by atoms with E-state index in [1.165, 1.54) is 31.2 Å². The van der Waals surface area contributed by atoms with E-state index in [2.05, 4.69) is 30.7 Å². The molecular formula is C21H30N2O. The molecule has 0 aliphatic carbocycles. The first-order valence-electron chi connectivity index (χ1n) is 9.27. The first-order valence-corrected chi connectivity index (χ1v) is 9.27. The number of rotatable bonds is 10. The lowest BCUT2D eigenvalue weighted by molar-refractivity contribution is 0.305. The lowest BCUT2D eigenvalue weighted by atomic mass is 10.0. The van der Waals surface area contributed by atoms with Crippen molar-refractivity contribution in [3.63, 3.8) is 0 Å². The largest absolute Gasteiger partial charge is 0.494 e. The number of hydrogen-bond donors (Lipinski definition) is 0. The van der Waals surface area contributed by atoms with Crippen molar-refractivity contribution < 1.29 is 4.74 Å². The van der Waals surface area contributed by atoms with E-state index in [4.69, 9.17) is 4.74 Å². The predicted molar refractivity (Wildman–Crippen MR) is 100 cm³/mol. The van der Waals surface area contributed by atoms with Crippen LogP contribution in [-0.2, 0) is 6.42 Å². The zero-order valence-corrected chi connectivity index (χ0v) is 15.3. The molecule has 0 aliphatic rings. The minimum absolute atomic E-state index is 0.674. The molecule has 2 aromatic rings. The van der Waals surface area contributed by atoms with Crippen molar-refractivity contribution in [2.75, 3.05) is 6.61 Å². The zero-order chi connectivity index (χ0) is 17.2. The van der Waals surface area contributed by atoms with Crippen LogP contribution in [0.15, 0.2) is 36.7 Å². The molecule has 0 fully saturated rings. The molecule has 0 saturated carbocycles. The fourth-order valence-corrected chi connectivity index (χ4v) is 2.58. The molecule has 3 heteroatoms. The molecule has 0 aliphatic heterocycles. The van der Waals surface area contributed by atoms with Crippen LogP contribution in [0, 0.1) is 5.92 Å². The van der Waals surface area contributed by atoms with Gasteiger partial charge >= 0.3 is 0 Å². The highest BCUT2D eigenvalue weighted by Crippen LogP contribution is 2.20. The second-order valence-corrected chi connectivity index (χ2v) is 6.57. The van der Waals surface area contributed by atoms with Gasteiger partial charge in [-0.05, 0) is 48.6 Å². The summed E-state index contributed by atoms with van der Waals surface area (Å²) in [7, 11) is 0. The Hall–Kier alpha value is -1.90. The van der Waals surface area contributed by atoms with Crippen LogP contribution in [0.3, 0.4) is 0 Å². The molecule has 24 heavy (non-hydrogen) atoms. The third-order valence-corrected chi connectivity index (χ3v) is 4.37. The van der Waals surface area contributed by atoms with Crippen molar-refractivity contribution in [2.24, 2.45) is 5.92 Å². The number of nitrogens with zero attached hydrogens (tertiary/aromatic N) is 2. The van der Waals surface area contributed by atoms with E-state index in [1.54, 1.807) is 0 Å². The Balaban J connectivity index is 1.88. The summed E-state index contributed by atoms with van der Waals surface area (Å²) in [6, 6.07) is 8.08. The van der Waals surface area contributed by atoms with E-state index >= 15 is 0 Å². The molecule has 0 saturated heterocycles. The van der Waals surface area contributed by atoms with Crippen LogP contribution < -0.4 is 4.74 Å². The van der Waals surface area contributed by atoms with Gasteiger partial charge in [-0.25, -0.2) is 9.97 Å². The minimum Gasteiger partial charge on any atom is -0.494 e. The van der Waals surface area contributed by atoms with E-state index < -0.39 is 0 Å². The van der Waals surface area contributed by atoms with Crippen molar-refractivity contribution in [1.82, 2.24) is 9.97 Å². The van der Waals surface area contributed by atoms with Gasteiger partial charge in [0.2, 0.25) is 0 Å². The van der Waals surface area contributed by atoms with E-state index in [1.807, 2.05) is 36.7 Å². The summed E-state index contributed by atoms with van der Waals surface area (Å²) in [5.41, 5.74) is 2.24. The summed E-state index contributed by atoms with van der Waals surface area (Å²) in [6.07, 6.45) is 11.0. The second kappa shape index (κ2) is 10.1. The number of unbranched alkanes of at least 4 members (excludes halogenated alkanes) is 3. The number of aromatic nitrogens is 2. The Labute approximate surface area is 146 Å². The molecule has 1 heterocycles. The van der Waals surface area contributed by atoms with Gasteiger partial charge in [-0.2, -0.15) is 0 Å². The van der Waals surface area contributed by atoms with Gasteiger partial charge in [0, 0.05) is 18.0 Å². The number of benzene rings is 1. The molecule has 1 unspecified atom stereocenters. The Kier molecular flexibility index (Phi) is 7.73. The molecule has 1 atom stereocenters. The molecular weight excluding hydrogens is 296 g/mol. The number of hydrogen-bond acceptors (Lipinski definition) is 3. The fourth-order valence-electron chi connectivity index (χ4n) is 2.58. The lowest BCUT2D eigenvalue weighted by Crippen LogP contribution is -2.00. The Bertz CT molecular complexity index is 578. The molecule has 0 N–H and O–H groups in total. The summed E-state index contributed by atoms with van der Waals surface area (Å²) in [5.74, 6) is 2.37. The Morgan fingerprint density at radius 2 is 1.67 bits per heavy atom. The summed E-state index contributed by atoms with van der Waals surface area (Å²) in [5, 5.41) is 0. The molecule has 2 rings (SSSR count). The second-order valence-electron chi connectivity index (χ2n) is 6.57. The highest BCUT2D eigenvalue weighted by molar-refractivity contribution is 5.55. The van der Waals surface area contributed by atoms with Gasteiger partial charge in [-0.3, -0.25) is 0 Å². The van der Waals surface area contributed by atoms with E-state index in [9.17, 15) is 0 Å².